The first-order valence-corrected chi connectivity index (χ1v) is 7.16. The Balaban J connectivity index is 2.11. The van der Waals surface area contributed by atoms with Crippen LogP contribution >= 0.6 is 0 Å². The maximum absolute atomic E-state index is 12.1. The molecule has 0 aliphatic rings. The van der Waals surface area contributed by atoms with Crippen molar-refractivity contribution in [3.05, 3.63) is 71.3 Å². The average molecular weight is 307 g/mol. The van der Waals surface area contributed by atoms with E-state index in [0.29, 0.717) is 5.75 Å². The fraction of sp³-hybridized carbons (Fsp3) is 0.158. The summed E-state index contributed by atoms with van der Waals surface area (Å²) in [6.45, 7) is 1.77. The highest BCUT2D eigenvalue weighted by molar-refractivity contribution is 5.98. The summed E-state index contributed by atoms with van der Waals surface area (Å²) in [7, 11) is 1.58. The monoisotopic (exact) mass is 307 g/mol. The van der Waals surface area contributed by atoms with Gasteiger partial charge in [0.1, 0.15) is 23.5 Å². The lowest BCUT2D eigenvalue weighted by atomic mass is 10.1. The first-order chi connectivity index (χ1) is 11.1. The van der Waals surface area contributed by atoms with Crippen LogP contribution in [0.5, 0.6) is 5.75 Å². The third-order valence-corrected chi connectivity index (χ3v) is 3.32. The van der Waals surface area contributed by atoms with Gasteiger partial charge in [-0.25, -0.2) is 4.79 Å². The number of methoxy groups -OCH3 is 1. The SMILES string of the molecule is COc1ccc(/C=C(\C#N)C(=O)O[C@@H](C)c2ccccc2)cc1. The van der Waals surface area contributed by atoms with Gasteiger partial charge in [-0.1, -0.05) is 42.5 Å². The van der Waals surface area contributed by atoms with Gasteiger partial charge in [0.15, 0.2) is 0 Å². The molecule has 23 heavy (non-hydrogen) atoms. The van der Waals surface area contributed by atoms with E-state index in [1.54, 1.807) is 38.3 Å². The topological polar surface area (TPSA) is 59.3 Å². The van der Waals surface area contributed by atoms with Crippen LogP contribution in [0.3, 0.4) is 0 Å². The molecule has 4 nitrogen and oxygen atoms in total. The minimum Gasteiger partial charge on any atom is -0.497 e. The predicted molar refractivity (Wildman–Crippen MR) is 87.5 cm³/mol. The van der Waals surface area contributed by atoms with Crippen LogP contribution in [-0.4, -0.2) is 13.1 Å². The summed E-state index contributed by atoms with van der Waals surface area (Å²) in [5.41, 5.74) is 1.56. The minimum atomic E-state index is -0.639. The Hall–Kier alpha value is -3.06. The molecule has 0 radical (unpaired) electrons. The van der Waals surface area contributed by atoms with Gasteiger partial charge in [0.25, 0.3) is 0 Å². The summed E-state index contributed by atoms with van der Waals surface area (Å²) in [4.78, 5) is 12.1. The van der Waals surface area contributed by atoms with Crippen LogP contribution in [0.25, 0.3) is 6.08 Å². The number of hydrogen-bond acceptors (Lipinski definition) is 4. The summed E-state index contributed by atoms with van der Waals surface area (Å²) in [6.07, 6.45) is 1.08. The third-order valence-electron chi connectivity index (χ3n) is 3.32. The summed E-state index contributed by atoms with van der Waals surface area (Å²) < 4.78 is 10.4. The number of nitrogens with zero attached hydrogens (tertiary/aromatic N) is 1. The van der Waals surface area contributed by atoms with Crippen LogP contribution < -0.4 is 4.74 Å². The second kappa shape index (κ2) is 7.81. The summed E-state index contributed by atoms with van der Waals surface area (Å²) in [5, 5.41) is 9.20. The van der Waals surface area contributed by atoms with Crippen molar-refractivity contribution < 1.29 is 14.3 Å². The van der Waals surface area contributed by atoms with E-state index >= 15 is 0 Å². The molecule has 1 atom stereocenters. The molecule has 0 saturated carbocycles. The van der Waals surface area contributed by atoms with E-state index in [1.807, 2.05) is 36.4 Å². The number of hydrogen-bond donors (Lipinski definition) is 0. The summed E-state index contributed by atoms with van der Waals surface area (Å²) >= 11 is 0. The zero-order chi connectivity index (χ0) is 16.7. The van der Waals surface area contributed by atoms with Crippen molar-refractivity contribution in [1.29, 1.82) is 5.26 Å². The molecule has 116 valence electrons. The predicted octanol–water partition coefficient (Wildman–Crippen LogP) is 3.91. The number of nitriles is 1. The molecule has 0 heterocycles. The number of carbonyl (C=O) groups excluding carboxylic acids is 1. The van der Waals surface area contributed by atoms with Gasteiger partial charge >= 0.3 is 5.97 Å². The van der Waals surface area contributed by atoms with Crippen molar-refractivity contribution in [3.8, 4) is 11.8 Å². The Morgan fingerprint density at radius 3 is 2.35 bits per heavy atom. The first-order valence-electron chi connectivity index (χ1n) is 7.16. The van der Waals surface area contributed by atoms with Gasteiger partial charge in [0.05, 0.1) is 7.11 Å². The van der Waals surface area contributed by atoms with E-state index in [9.17, 15) is 10.1 Å². The molecule has 0 amide bonds. The molecule has 0 bridgehead atoms. The number of benzene rings is 2. The Labute approximate surface area is 135 Å². The molecule has 2 aromatic rings. The van der Waals surface area contributed by atoms with Gasteiger partial charge < -0.3 is 9.47 Å². The molecule has 4 heteroatoms. The van der Waals surface area contributed by atoms with Gasteiger partial charge in [-0.05, 0) is 36.3 Å². The second-order valence-electron chi connectivity index (χ2n) is 4.90. The molecule has 0 aliphatic carbocycles. The highest BCUT2D eigenvalue weighted by Crippen LogP contribution is 2.19. The lowest BCUT2D eigenvalue weighted by Gasteiger charge is -2.13. The normalized spacial score (nSPS) is 12.1. The van der Waals surface area contributed by atoms with Crippen molar-refractivity contribution >= 4 is 12.0 Å². The quantitative estimate of drug-likeness (QED) is 0.477. The van der Waals surface area contributed by atoms with Crippen LogP contribution in [0.1, 0.15) is 24.2 Å². The molecule has 2 rings (SSSR count). The van der Waals surface area contributed by atoms with E-state index in [0.717, 1.165) is 11.1 Å². The number of ether oxygens (including phenoxy) is 2. The van der Waals surface area contributed by atoms with Gasteiger partial charge in [-0.3, -0.25) is 0 Å². The Morgan fingerprint density at radius 2 is 1.78 bits per heavy atom. The van der Waals surface area contributed by atoms with Crippen molar-refractivity contribution in [3.63, 3.8) is 0 Å². The number of rotatable bonds is 5. The first kappa shape index (κ1) is 16.3. The smallest absolute Gasteiger partial charge is 0.349 e. The molecule has 2 aromatic carbocycles. The standard InChI is InChI=1S/C19H17NO3/c1-14(16-6-4-3-5-7-16)23-19(21)17(13-20)12-15-8-10-18(22-2)11-9-15/h3-12,14H,1-2H3/b17-12+/t14-/m0/s1. The molecule has 0 unspecified atom stereocenters. The van der Waals surface area contributed by atoms with Crippen LogP contribution in [0.15, 0.2) is 60.2 Å². The Kier molecular flexibility index (Phi) is 5.54. The van der Waals surface area contributed by atoms with Crippen molar-refractivity contribution in [1.82, 2.24) is 0 Å². The van der Waals surface area contributed by atoms with Crippen molar-refractivity contribution in [2.75, 3.05) is 7.11 Å². The molecule has 0 spiro atoms. The lowest BCUT2D eigenvalue weighted by Crippen LogP contribution is -2.10. The van der Waals surface area contributed by atoms with Gasteiger partial charge in [0, 0.05) is 0 Å². The van der Waals surface area contributed by atoms with E-state index in [1.165, 1.54) is 6.08 Å². The van der Waals surface area contributed by atoms with Gasteiger partial charge in [0.2, 0.25) is 0 Å². The van der Waals surface area contributed by atoms with Crippen LogP contribution in [0.4, 0.5) is 0 Å². The summed E-state index contributed by atoms with van der Waals surface area (Å²) in [6, 6.07) is 18.3. The Bertz CT molecular complexity index is 727. The van der Waals surface area contributed by atoms with E-state index in [-0.39, 0.29) is 5.57 Å². The highest BCUT2D eigenvalue weighted by Gasteiger charge is 2.16. The fourth-order valence-electron chi connectivity index (χ4n) is 2.02. The van der Waals surface area contributed by atoms with Crippen molar-refractivity contribution in [2.45, 2.75) is 13.0 Å². The molecule has 0 aromatic heterocycles. The van der Waals surface area contributed by atoms with E-state index in [4.69, 9.17) is 9.47 Å². The van der Waals surface area contributed by atoms with Crippen LogP contribution in [0.2, 0.25) is 0 Å². The maximum Gasteiger partial charge on any atom is 0.349 e. The van der Waals surface area contributed by atoms with Crippen LogP contribution in [0, 0.1) is 11.3 Å². The Morgan fingerprint density at radius 1 is 1.13 bits per heavy atom. The van der Waals surface area contributed by atoms with Crippen molar-refractivity contribution in [2.24, 2.45) is 0 Å². The van der Waals surface area contributed by atoms with Gasteiger partial charge in [-0.15, -0.1) is 0 Å². The molecular weight excluding hydrogens is 290 g/mol. The largest absolute Gasteiger partial charge is 0.497 e. The molecular formula is C19H17NO3. The fourth-order valence-corrected chi connectivity index (χ4v) is 2.02. The molecule has 0 saturated heterocycles. The number of carbonyl (C=O) groups is 1. The summed E-state index contributed by atoms with van der Waals surface area (Å²) in [5.74, 6) is 0.0700. The maximum atomic E-state index is 12.1. The van der Waals surface area contributed by atoms with Gasteiger partial charge in [-0.2, -0.15) is 5.26 Å². The third kappa shape index (κ3) is 4.45. The highest BCUT2D eigenvalue weighted by atomic mass is 16.5. The lowest BCUT2D eigenvalue weighted by molar-refractivity contribution is -0.143. The zero-order valence-electron chi connectivity index (χ0n) is 13.0. The van der Waals surface area contributed by atoms with Crippen LogP contribution in [-0.2, 0) is 9.53 Å². The molecule has 0 fully saturated rings. The second-order valence-corrected chi connectivity index (χ2v) is 4.90. The van der Waals surface area contributed by atoms with E-state index in [2.05, 4.69) is 0 Å². The van der Waals surface area contributed by atoms with E-state index < -0.39 is 12.1 Å². The average Bonchev–Trinajstić information content (AvgIpc) is 2.60. The molecule has 0 aliphatic heterocycles. The molecule has 0 N–H and O–H groups in total. The zero-order valence-corrected chi connectivity index (χ0v) is 13.0. The number of esters is 1. The minimum absolute atomic E-state index is 0.0436.